The minimum Gasteiger partial charge on any atom is -0.338 e. The lowest BCUT2D eigenvalue weighted by molar-refractivity contribution is 0.0615. The van der Waals surface area contributed by atoms with Crippen molar-refractivity contribution >= 4 is 27.5 Å². The molecule has 0 bridgehead atoms. The quantitative estimate of drug-likeness (QED) is 0.600. The Morgan fingerprint density at radius 3 is 2.44 bits per heavy atom. The van der Waals surface area contributed by atoms with Crippen LogP contribution < -0.4 is 5.14 Å². The van der Waals surface area contributed by atoms with Gasteiger partial charge in [-0.2, -0.15) is 4.98 Å². The Labute approximate surface area is 190 Å². The van der Waals surface area contributed by atoms with Crippen LogP contribution in [-0.4, -0.2) is 60.4 Å². The molecule has 1 aromatic heterocycles. The Bertz CT molecular complexity index is 1240. The highest BCUT2D eigenvalue weighted by Crippen LogP contribution is 2.20. The number of hydrogen-bond acceptors (Lipinski definition) is 7. The fourth-order valence-electron chi connectivity index (χ4n) is 3.62. The van der Waals surface area contributed by atoms with Gasteiger partial charge in [-0.15, -0.1) is 0 Å². The zero-order valence-corrected chi connectivity index (χ0v) is 18.9. The number of carbonyl (C=O) groups excluding carboxylic acids is 1. The summed E-state index contributed by atoms with van der Waals surface area (Å²) >= 11 is 5.91. The predicted octanol–water partition coefficient (Wildman–Crippen LogP) is 2.30. The van der Waals surface area contributed by atoms with E-state index in [9.17, 15) is 13.2 Å². The van der Waals surface area contributed by atoms with Gasteiger partial charge in [-0.1, -0.05) is 16.8 Å². The van der Waals surface area contributed by atoms with Crippen molar-refractivity contribution in [2.75, 3.05) is 26.2 Å². The van der Waals surface area contributed by atoms with E-state index in [1.165, 1.54) is 12.1 Å². The number of carbonyl (C=O) groups is 1. The van der Waals surface area contributed by atoms with E-state index in [0.29, 0.717) is 60.6 Å². The zero-order valence-electron chi connectivity index (χ0n) is 17.4. The molecule has 1 amide bonds. The first-order chi connectivity index (χ1) is 15.2. The second-order valence-electron chi connectivity index (χ2n) is 7.61. The van der Waals surface area contributed by atoms with E-state index < -0.39 is 10.0 Å². The number of nitrogens with two attached hydrogens (primary N) is 1. The van der Waals surface area contributed by atoms with Gasteiger partial charge in [0, 0.05) is 42.3 Å². The summed E-state index contributed by atoms with van der Waals surface area (Å²) in [6.07, 6.45) is 0. The molecule has 0 unspecified atom stereocenters. The van der Waals surface area contributed by atoms with Gasteiger partial charge in [-0.25, -0.2) is 13.6 Å². The highest BCUT2D eigenvalue weighted by molar-refractivity contribution is 7.89. The van der Waals surface area contributed by atoms with E-state index in [2.05, 4.69) is 15.0 Å². The number of aromatic nitrogens is 2. The largest absolute Gasteiger partial charge is 0.338 e. The molecule has 1 saturated heterocycles. The van der Waals surface area contributed by atoms with E-state index in [-0.39, 0.29) is 10.8 Å². The van der Waals surface area contributed by atoms with Gasteiger partial charge in [-0.05, 0) is 55.0 Å². The molecule has 1 aliphatic heterocycles. The van der Waals surface area contributed by atoms with Crippen molar-refractivity contribution in [3.05, 3.63) is 64.5 Å². The molecule has 11 heteroatoms. The molecule has 3 aromatic rings. The molecule has 0 radical (unpaired) electrons. The number of nitrogens with zero attached hydrogens (tertiary/aromatic N) is 4. The van der Waals surface area contributed by atoms with Crippen LogP contribution >= 0.6 is 11.6 Å². The number of amides is 1. The summed E-state index contributed by atoms with van der Waals surface area (Å²) in [6.45, 7) is 4.49. The average Bonchev–Trinajstić information content (AvgIpc) is 3.22. The second kappa shape index (κ2) is 8.99. The summed E-state index contributed by atoms with van der Waals surface area (Å²) in [5.74, 6) is 0.865. The molecule has 2 aromatic carbocycles. The SMILES string of the molecule is Cc1cc(C(=O)N2CCN(Cc3nc(-c4ccc(Cl)cc4)no3)CC2)ccc1S(N)(=O)=O. The third kappa shape index (κ3) is 4.99. The van der Waals surface area contributed by atoms with Crippen molar-refractivity contribution in [2.45, 2.75) is 18.4 Å². The van der Waals surface area contributed by atoms with Gasteiger partial charge in [0.1, 0.15) is 0 Å². The summed E-state index contributed by atoms with van der Waals surface area (Å²) in [7, 11) is -3.81. The van der Waals surface area contributed by atoms with Crippen LogP contribution in [0.2, 0.25) is 5.02 Å². The average molecular weight is 476 g/mol. The van der Waals surface area contributed by atoms with E-state index in [1.54, 1.807) is 30.0 Å². The van der Waals surface area contributed by atoms with Gasteiger partial charge < -0.3 is 9.42 Å². The standard InChI is InChI=1S/C21H22ClN5O4S/c1-14-12-16(4-7-18(14)32(23,29)30)21(28)27-10-8-26(9-11-27)13-19-24-20(25-31-19)15-2-5-17(22)6-3-15/h2-7,12H,8-11,13H2,1H3,(H2,23,29,30). The van der Waals surface area contributed by atoms with Crippen LogP contribution in [0, 0.1) is 6.92 Å². The summed E-state index contributed by atoms with van der Waals surface area (Å²) in [5, 5.41) is 9.86. The van der Waals surface area contributed by atoms with Gasteiger partial charge in [0.15, 0.2) is 0 Å². The maximum Gasteiger partial charge on any atom is 0.253 e. The molecule has 168 valence electrons. The summed E-state index contributed by atoms with van der Waals surface area (Å²) in [6, 6.07) is 11.6. The Balaban J connectivity index is 1.35. The van der Waals surface area contributed by atoms with Crippen LogP contribution in [0.25, 0.3) is 11.4 Å². The normalized spacial score (nSPS) is 15.2. The maximum atomic E-state index is 12.8. The van der Waals surface area contributed by atoms with Crippen LogP contribution in [0.1, 0.15) is 21.8 Å². The first-order valence-electron chi connectivity index (χ1n) is 9.94. The van der Waals surface area contributed by atoms with Crippen LogP contribution in [0.3, 0.4) is 0 Å². The summed E-state index contributed by atoms with van der Waals surface area (Å²) in [5.41, 5.74) is 1.71. The monoisotopic (exact) mass is 475 g/mol. The molecule has 4 rings (SSSR count). The Morgan fingerprint density at radius 2 is 1.81 bits per heavy atom. The number of sulfonamides is 1. The number of piperazine rings is 1. The number of benzene rings is 2. The molecule has 0 spiro atoms. The maximum absolute atomic E-state index is 12.8. The van der Waals surface area contributed by atoms with Gasteiger partial charge in [0.25, 0.3) is 5.91 Å². The van der Waals surface area contributed by atoms with Crippen molar-refractivity contribution in [1.29, 1.82) is 0 Å². The van der Waals surface area contributed by atoms with E-state index in [4.69, 9.17) is 21.3 Å². The van der Waals surface area contributed by atoms with Gasteiger partial charge >= 0.3 is 0 Å². The van der Waals surface area contributed by atoms with E-state index in [0.717, 1.165) is 5.56 Å². The van der Waals surface area contributed by atoms with Gasteiger partial charge in [0.05, 0.1) is 11.4 Å². The van der Waals surface area contributed by atoms with Gasteiger partial charge in [-0.3, -0.25) is 9.69 Å². The molecule has 9 nitrogen and oxygen atoms in total. The van der Waals surface area contributed by atoms with Crippen molar-refractivity contribution < 1.29 is 17.7 Å². The lowest BCUT2D eigenvalue weighted by Crippen LogP contribution is -2.48. The Kier molecular flexibility index (Phi) is 6.29. The minimum atomic E-state index is -3.81. The number of rotatable bonds is 5. The summed E-state index contributed by atoms with van der Waals surface area (Å²) < 4.78 is 28.5. The number of aryl methyl sites for hydroxylation is 1. The second-order valence-corrected chi connectivity index (χ2v) is 9.58. The molecule has 32 heavy (non-hydrogen) atoms. The first kappa shape index (κ1) is 22.4. The van der Waals surface area contributed by atoms with E-state index in [1.807, 2.05) is 12.1 Å². The molecular weight excluding hydrogens is 454 g/mol. The molecule has 0 aliphatic carbocycles. The topological polar surface area (TPSA) is 123 Å². The third-order valence-corrected chi connectivity index (χ3v) is 6.64. The molecule has 2 N–H and O–H groups in total. The minimum absolute atomic E-state index is 0.0244. The van der Waals surface area contributed by atoms with Gasteiger partial charge in [0.2, 0.25) is 21.7 Å². The Hall–Kier alpha value is -2.79. The van der Waals surface area contributed by atoms with Crippen LogP contribution in [0.4, 0.5) is 0 Å². The first-order valence-corrected chi connectivity index (χ1v) is 11.9. The third-order valence-electron chi connectivity index (χ3n) is 5.32. The molecule has 2 heterocycles. The molecule has 0 saturated carbocycles. The summed E-state index contributed by atoms with van der Waals surface area (Å²) in [4.78, 5) is 21.2. The number of hydrogen-bond donors (Lipinski definition) is 1. The molecule has 1 aliphatic rings. The zero-order chi connectivity index (χ0) is 22.9. The van der Waals surface area contributed by atoms with Crippen molar-refractivity contribution in [3.8, 4) is 11.4 Å². The van der Waals surface area contributed by atoms with Crippen LogP contribution in [0.15, 0.2) is 51.9 Å². The lowest BCUT2D eigenvalue weighted by atomic mass is 10.1. The van der Waals surface area contributed by atoms with Crippen LogP contribution in [-0.2, 0) is 16.6 Å². The predicted molar refractivity (Wildman–Crippen MR) is 118 cm³/mol. The molecule has 1 fully saturated rings. The number of primary sulfonamides is 1. The smallest absolute Gasteiger partial charge is 0.253 e. The highest BCUT2D eigenvalue weighted by Gasteiger charge is 2.24. The Morgan fingerprint density at radius 1 is 1.12 bits per heavy atom. The van der Waals surface area contributed by atoms with Crippen molar-refractivity contribution in [3.63, 3.8) is 0 Å². The van der Waals surface area contributed by atoms with E-state index >= 15 is 0 Å². The fourth-order valence-corrected chi connectivity index (χ4v) is 4.51. The van der Waals surface area contributed by atoms with Crippen molar-refractivity contribution in [1.82, 2.24) is 19.9 Å². The van der Waals surface area contributed by atoms with Crippen molar-refractivity contribution in [2.24, 2.45) is 5.14 Å². The lowest BCUT2D eigenvalue weighted by Gasteiger charge is -2.34. The molecule has 0 atom stereocenters. The molecular formula is C21H22ClN5O4S. The fraction of sp³-hybridized carbons (Fsp3) is 0.286. The van der Waals surface area contributed by atoms with Crippen LogP contribution in [0.5, 0.6) is 0 Å². The number of halogens is 1. The highest BCUT2D eigenvalue weighted by atomic mass is 35.5.